The smallest absolute Gasteiger partial charge is 0.148 e. The van der Waals surface area contributed by atoms with Gasteiger partial charge in [-0.05, 0) is 38.0 Å². The van der Waals surface area contributed by atoms with Gasteiger partial charge in [-0.15, -0.1) is 0 Å². The number of nitrogens with two attached hydrogens (primary N) is 1. The van der Waals surface area contributed by atoms with E-state index in [0.717, 1.165) is 42.4 Å². The zero-order valence-electron chi connectivity index (χ0n) is 12.9. The van der Waals surface area contributed by atoms with Crippen LogP contribution < -0.4 is 16.6 Å². The van der Waals surface area contributed by atoms with Crippen LogP contribution in [0, 0.1) is 12.3 Å². The molecule has 0 bridgehead atoms. The van der Waals surface area contributed by atoms with Crippen molar-refractivity contribution in [3.63, 3.8) is 0 Å². The number of hydrogen-bond donors (Lipinski definition) is 3. The summed E-state index contributed by atoms with van der Waals surface area (Å²) in [7, 11) is 0. The van der Waals surface area contributed by atoms with Crippen molar-refractivity contribution in [1.29, 1.82) is 0 Å². The van der Waals surface area contributed by atoms with Crippen LogP contribution in [0.4, 0.5) is 11.6 Å². The maximum absolute atomic E-state index is 5.56. The third-order valence-electron chi connectivity index (χ3n) is 4.17. The van der Waals surface area contributed by atoms with E-state index in [1.54, 1.807) is 0 Å². The molecule has 4 N–H and O–H groups in total. The van der Waals surface area contributed by atoms with Crippen molar-refractivity contribution in [3.8, 4) is 0 Å². The van der Waals surface area contributed by atoms with Crippen molar-refractivity contribution in [1.82, 2.24) is 9.97 Å². The van der Waals surface area contributed by atoms with E-state index >= 15 is 0 Å². The SMILES string of the molecule is CCCc1nc(NN)c(C)c(NCC2(CCC)CC2)n1. The van der Waals surface area contributed by atoms with Gasteiger partial charge in [-0.25, -0.2) is 15.8 Å². The van der Waals surface area contributed by atoms with Gasteiger partial charge in [0.1, 0.15) is 17.5 Å². The van der Waals surface area contributed by atoms with Gasteiger partial charge in [0.25, 0.3) is 0 Å². The van der Waals surface area contributed by atoms with Gasteiger partial charge < -0.3 is 10.7 Å². The minimum absolute atomic E-state index is 0.507. The highest BCUT2D eigenvalue weighted by Crippen LogP contribution is 2.49. The molecule has 20 heavy (non-hydrogen) atoms. The Kier molecular flexibility index (Phi) is 4.81. The van der Waals surface area contributed by atoms with Gasteiger partial charge in [-0.3, -0.25) is 0 Å². The molecule has 5 heteroatoms. The Morgan fingerprint density at radius 1 is 1.15 bits per heavy atom. The lowest BCUT2D eigenvalue weighted by molar-refractivity contribution is 0.485. The summed E-state index contributed by atoms with van der Waals surface area (Å²) in [6.45, 7) is 7.40. The number of aromatic nitrogens is 2. The molecular formula is C15H27N5. The summed E-state index contributed by atoms with van der Waals surface area (Å²) in [5.41, 5.74) is 4.19. The van der Waals surface area contributed by atoms with Crippen LogP contribution in [-0.2, 0) is 6.42 Å². The summed E-state index contributed by atoms with van der Waals surface area (Å²) in [6.07, 6.45) is 7.13. The van der Waals surface area contributed by atoms with Crippen LogP contribution in [0.25, 0.3) is 0 Å². The zero-order valence-corrected chi connectivity index (χ0v) is 12.9. The number of hydrogen-bond acceptors (Lipinski definition) is 5. The lowest BCUT2D eigenvalue weighted by atomic mass is 10.0. The molecule has 0 unspecified atom stereocenters. The Balaban J connectivity index is 2.11. The molecule has 0 amide bonds. The molecule has 1 heterocycles. The average molecular weight is 277 g/mol. The quantitative estimate of drug-likeness (QED) is 0.503. The van der Waals surface area contributed by atoms with E-state index in [9.17, 15) is 0 Å². The highest BCUT2D eigenvalue weighted by atomic mass is 15.3. The molecule has 1 saturated carbocycles. The van der Waals surface area contributed by atoms with Crippen molar-refractivity contribution in [3.05, 3.63) is 11.4 Å². The van der Waals surface area contributed by atoms with Gasteiger partial charge in [0.2, 0.25) is 0 Å². The first-order chi connectivity index (χ1) is 9.64. The molecule has 1 aromatic rings. The predicted octanol–water partition coefficient (Wildman–Crippen LogP) is 3.02. The fourth-order valence-corrected chi connectivity index (χ4v) is 2.70. The maximum Gasteiger partial charge on any atom is 0.148 e. The van der Waals surface area contributed by atoms with E-state index in [2.05, 4.69) is 34.6 Å². The topological polar surface area (TPSA) is 75.9 Å². The van der Waals surface area contributed by atoms with E-state index < -0.39 is 0 Å². The highest BCUT2D eigenvalue weighted by molar-refractivity contribution is 5.56. The second-order valence-corrected chi connectivity index (χ2v) is 5.96. The van der Waals surface area contributed by atoms with E-state index in [0.29, 0.717) is 5.41 Å². The third-order valence-corrected chi connectivity index (χ3v) is 4.17. The molecule has 1 aromatic heterocycles. The van der Waals surface area contributed by atoms with Crippen LogP contribution >= 0.6 is 0 Å². The monoisotopic (exact) mass is 277 g/mol. The molecule has 112 valence electrons. The van der Waals surface area contributed by atoms with Crippen molar-refractivity contribution < 1.29 is 0 Å². The first kappa shape index (κ1) is 15.0. The minimum Gasteiger partial charge on any atom is -0.369 e. The lowest BCUT2D eigenvalue weighted by Crippen LogP contribution is -2.19. The van der Waals surface area contributed by atoms with E-state index in [-0.39, 0.29) is 0 Å². The molecule has 1 fully saturated rings. The molecule has 5 nitrogen and oxygen atoms in total. The lowest BCUT2D eigenvalue weighted by Gasteiger charge is -2.18. The summed E-state index contributed by atoms with van der Waals surface area (Å²) < 4.78 is 0. The second-order valence-electron chi connectivity index (χ2n) is 5.96. The first-order valence-corrected chi connectivity index (χ1v) is 7.72. The summed E-state index contributed by atoms with van der Waals surface area (Å²) in [6, 6.07) is 0. The van der Waals surface area contributed by atoms with Gasteiger partial charge in [0.05, 0.1) is 0 Å². The summed E-state index contributed by atoms with van der Waals surface area (Å²) in [5.74, 6) is 8.07. The van der Waals surface area contributed by atoms with E-state index in [1.165, 1.54) is 25.7 Å². The number of nitrogens with one attached hydrogen (secondary N) is 2. The second kappa shape index (κ2) is 6.39. The van der Waals surface area contributed by atoms with Crippen LogP contribution in [0.5, 0.6) is 0 Å². The van der Waals surface area contributed by atoms with Crippen LogP contribution in [-0.4, -0.2) is 16.5 Å². The molecule has 0 atom stereocenters. The van der Waals surface area contributed by atoms with E-state index in [1.807, 2.05) is 6.92 Å². The van der Waals surface area contributed by atoms with Crippen LogP contribution in [0.15, 0.2) is 0 Å². The minimum atomic E-state index is 0.507. The van der Waals surface area contributed by atoms with Crippen LogP contribution in [0.1, 0.15) is 57.3 Å². The molecule has 0 spiro atoms. The predicted molar refractivity (Wildman–Crippen MR) is 83.6 cm³/mol. The molecule has 0 aromatic carbocycles. The van der Waals surface area contributed by atoms with Gasteiger partial charge in [-0.1, -0.05) is 20.3 Å². The standard InChI is InChI=1S/C15H27N5/c1-4-6-12-18-13(11(3)14(19-12)20-16)17-10-15(7-5-2)8-9-15/h4-10,16H2,1-3H3,(H2,17,18,19,20). The highest BCUT2D eigenvalue weighted by Gasteiger charge is 2.41. The first-order valence-electron chi connectivity index (χ1n) is 7.72. The zero-order chi connectivity index (χ0) is 14.6. The number of rotatable bonds is 8. The number of aryl methyl sites for hydroxylation is 1. The van der Waals surface area contributed by atoms with Gasteiger partial charge >= 0.3 is 0 Å². The number of nitrogens with zero attached hydrogens (tertiary/aromatic N) is 2. The third kappa shape index (κ3) is 3.39. The summed E-state index contributed by atoms with van der Waals surface area (Å²) >= 11 is 0. The molecular weight excluding hydrogens is 250 g/mol. The summed E-state index contributed by atoms with van der Waals surface area (Å²) in [4.78, 5) is 9.09. The van der Waals surface area contributed by atoms with Gasteiger partial charge in [-0.2, -0.15) is 0 Å². The Hall–Kier alpha value is -1.36. The number of hydrazine groups is 1. The Morgan fingerprint density at radius 3 is 2.40 bits per heavy atom. The van der Waals surface area contributed by atoms with Crippen molar-refractivity contribution in [2.75, 3.05) is 17.3 Å². The average Bonchev–Trinajstić information content (AvgIpc) is 3.20. The van der Waals surface area contributed by atoms with Crippen molar-refractivity contribution in [2.24, 2.45) is 11.3 Å². The molecule has 1 aliphatic carbocycles. The van der Waals surface area contributed by atoms with Crippen LogP contribution in [0.2, 0.25) is 0 Å². The van der Waals surface area contributed by atoms with Gasteiger partial charge in [0, 0.05) is 18.5 Å². The molecule has 1 aliphatic rings. The Labute approximate surface area is 121 Å². The van der Waals surface area contributed by atoms with Crippen molar-refractivity contribution in [2.45, 2.75) is 59.3 Å². The molecule has 0 saturated heterocycles. The summed E-state index contributed by atoms with van der Waals surface area (Å²) in [5, 5.41) is 3.53. The molecule has 0 aliphatic heterocycles. The molecule has 2 rings (SSSR count). The molecule has 0 radical (unpaired) electrons. The van der Waals surface area contributed by atoms with E-state index in [4.69, 9.17) is 5.84 Å². The number of nitrogen functional groups attached to an aromatic ring is 1. The fourth-order valence-electron chi connectivity index (χ4n) is 2.70. The fraction of sp³-hybridized carbons (Fsp3) is 0.733. The van der Waals surface area contributed by atoms with Crippen LogP contribution in [0.3, 0.4) is 0 Å². The van der Waals surface area contributed by atoms with Gasteiger partial charge in [0.15, 0.2) is 0 Å². The Morgan fingerprint density at radius 2 is 1.85 bits per heavy atom. The Bertz CT molecular complexity index is 454. The normalized spacial score (nSPS) is 16.0. The largest absolute Gasteiger partial charge is 0.369 e. The van der Waals surface area contributed by atoms with Crippen molar-refractivity contribution >= 4 is 11.6 Å². The number of anilines is 2. The maximum atomic E-state index is 5.56.